The highest BCUT2D eigenvalue weighted by Crippen LogP contribution is 2.39. The van der Waals surface area contributed by atoms with Gasteiger partial charge in [-0.05, 0) is 84.3 Å². The topological polar surface area (TPSA) is 77.0 Å². The molecule has 0 aliphatic heterocycles. The molecule has 0 fully saturated rings. The van der Waals surface area contributed by atoms with E-state index in [1.165, 1.54) is 0 Å². The number of ether oxygens (including phenoxy) is 3. The number of rotatable bonds is 16. The van der Waals surface area contributed by atoms with Gasteiger partial charge in [-0.1, -0.05) is 56.5 Å². The Kier molecular flexibility index (Phi) is 11.7. The van der Waals surface area contributed by atoms with Crippen LogP contribution in [0.25, 0.3) is 0 Å². The Bertz CT molecular complexity index is 1110. The van der Waals surface area contributed by atoms with Crippen molar-refractivity contribution in [3.8, 4) is 17.2 Å². The minimum Gasteiger partial charge on any atom is -0.497 e. The first-order chi connectivity index (χ1) is 19.0. The summed E-state index contributed by atoms with van der Waals surface area (Å²) in [5.74, 6) is 2.37. The van der Waals surface area contributed by atoms with E-state index in [-0.39, 0.29) is 5.91 Å². The molecule has 0 spiro atoms. The van der Waals surface area contributed by atoms with Gasteiger partial charge in [0.05, 0.1) is 21.3 Å². The number of nitrogens with one attached hydrogen (secondary N) is 1. The van der Waals surface area contributed by atoms with Gasteiger partial charge in [0.2, 0.25) is 5.91 Å². The van der Waals surface area contributed by atoms with E-state index >= 15 is 0 Å². The summed E-state index contributed by atoms with van der Waals surface area (Å²) in [6, 6.07) is 20.9. The van der Waals surface area contributed by atoms with Gasteiger partial charge in [-0.15, -0.1) is 0 Å². The second kappa shape index (κ2) is 15.2. The van der Waals surface area contributed by atoms with Crippen LogP contribution in [0.5, 0.6) is 17.2 Å². The fraction of sp³-hybridized carbons (Fsp3) is 0.424. The smallest absolute Gasteiger partial charge is 0.219 e. The number of aryl methyl sites for hydroxylation is 1. The zero-order chi connectivity index (χ0) is 28.1. The van der Waals surface area contributed by atoms with Gasteiger partial charge in [0, 0.05) is 13.0 Å². The van der Waals surface area contributed by atoms with Gasteiger partial charge >= 0.3 is 0 Å². The summed E-state index contributed by atoms with van der Waals surface area (Å²) in [5.41, 5.74) is 1.85. The minimum absolute atomic E-state index is 0.134. The standard InChI is InChI=1S/C33H43NO5/c1-5-6-10-23-34-32(35)12-9-7-8-11-25-24-28(17-22-31(25)39-4)33(36,26-13-18-29(37-2)19-14-26)27-15-20-30(38-3)21-16-27/h13-22,24,36H,5-12,23H2,1-4H3,(H,34,35). The molecule has 6 nitrogen and oxygen atoms in total. The molecule has 0 bridgehead atoms. The van der Waals surface area contributed by atoms with Crippen LogP contribution in [-0.4, -0.2) is 38.9 Å². The predicted octanol–water partition coefficient (Wildman–Crippen LogP) is 6.41. The largest absolute Gasteiger partial charge is 0.497 e. The van der Waals surface area contributed by atoms with E-state index in [1.54, 1.807) is 21.3 Å². The first-order valence-corrected chi connectivity index (χ1v) is 13.9. The summed E-state index contributed by atoms with van der Waals surface area (Å²) in [4.78, 5) is 12.1. The molecule has 3 aromatic carbocycles. The highest BCUT2D eigenvalue weighted by Gasteiger charge is 2.34. The van der Waals surface area contributed by atoms with E-state index < -0.39 is 5.60 Å². The molecule has 39 heavy (non-hydrogen) atoms. The second-order valence-corrected chi connectivity index (χ2v) is 9.81. The molecular weight excluding hydrogens is 490 g/mol. The van der Waals surface area contributed by atoms with Crippen LogP contribution in [0.15, 0.2) is 66.7 Å². The Hall–Kier alpha value is -3.51. The molecule has 0 saturated heterocycles. The molecule has 0 radical (unpaired) electrons. The van der Waals surface area contributed by atoms with Crippen molar-refractivity contribution in [1.29, 1.82) is 0 Å². The molecule has 210 valence electrons. The maximum Gasteiger partial charge on any atom is 0.219 e. The van der Waals surface area contributed by atoms with Crippen LogP contribution >= 0.6 is 0 Å². The van der Waals surface area contributed by atoms with E-state index in [4.69, 9.17) is 14.2 Å². The van der Waals surface area contributed by atoms with Crippen molar-refractivity contribution in [2.24, 2.45) is 0 Å². The molecule has 0 aliphatic rings. The van der Waals surface area contributed by atoms with Crippen molar-refractivity contribution in [3.63, 3.8) is 0 Å². The lowest BCUT2D eigenvalue weighted by molar-refractivity contribution is -0.121. The first-order valence-electron chi connectivity index (χ1n) is 13.9. The molecular formula is C33H43NO5. The monoisotopic (exact) mass is 533 g/mol. The van der Waals surface area contributed by atoms with Gasteiger partial charge in [0.1, 0.15) is 22.8 Å². The Morgan fingerprint density at radius 1 is 0.744 bits per heavy atom. The van der Waals surface area contributed by atoms with Crippen molar-refractivity contribution in [2.75, 3.05) is 27.9 Å². The van der Waals surface area contributed by atoms with Crippen molar-refractivity contribution < 1.29 is 24.1 Å². The minimum atomic E-state index is -1.39. The van der Waals surface area contributed by atoms with Gasteiger partial charge < -0.3 is 24.6 Å². The zero-order valence-electron chi connectivity index (χ0n) is 23.8. The lowest BCUT2D eigenvalue weighted by Gasteiger charge is -2.31. The first kappa shape index (κ1) is 30.0. The molecule has 2 N–H and O–H groups in total. The third kappa shape index (κ3) is 7.99. The lowest BCUT2D eigenvalue weighted by atomic mass is 9.79. The van der Waals surface area contributed by atoms with Gasteiger partial charge in [-0.2, -0.15) is 0 Å². The summed E-state index contributed by atoms with van der Waals surface area (Å²) < 4.78 is 16.3. The molecule has 0 unspecified atom stereocenters. The maximum absolute atomic E-state index is 12.3. The van der Waals surface area contributed by atoms with E-state index in [2.05, 4.69) is 12.2 Å². The van der Waals surface area contributed by atoms with Crippen LogP contribution in [0.3, 0.4) is 0 Å². The SMILES string of the molecule is CCCCCNC(=O)CCCCCc1cc(C(O)(c2ccc(OC)cc2)c2ccc(OC)cc2)ccc1OC. The van der Waals surface area contributed by atoms with Crippen LogP contribution in [-0.2, 0) is 16.8 Å². The van der Waals surface area contributed by atoms with Crippen molar-refractivity contribution >= 4 is 5.91 Å². The lowest BCUT2D eigenvalue weighted by Crippen LogP contribution is -2.29. The number of aliphatic hydroxyl groups is 1. The van der Waals surface area contributed by atoms with Crippen LogP contribution in [0, 0.1) is 0 Å². The number of unbranched alkanes of at least 4 members (excludes halogenated alkanes) is 4. The number of carbonyl (C=O) groups is 1. The molecule has 0 saturated carbocycles. The molecule has 3 rings (SSSR count). The van der Waals surface area contributed by atoms with Gasteiger partial charge in [-0.3, -0.25) is 4.79 Å². The highest BCUT2D eigenvalue weighted by molar-refractivity contribution is 5.75. The molecule has 0 heterocycles. The highest BCUT2D eigenvalue weighted by atomic mass is 16.5. The summed E-state index contributed by atoms with van der Waals surface area (Å²) >= 11 is 0. The van der Waals surface area contributed by atoms with Crippen LogP contribution in [0.4, 0.5) is 0 Å². The summed E-state index contributed by atoms with van der Waals surface area (Å²) in [7, 11) is 4.92. The number of carbonyl (C=O) groups excluding carboxylic acids is 1. The third-order valence-corrected chi connectivity index (χ3v) is 7.17. The van der Waals surface area contributed by atoms with Crippen molar-refractivity contribution in [3.05, 3.63) is 89.0 Å². The Morgan fingerprint density at radius 2 is 1.33 bits per heavy atom. The quantitative estimate of drug-likeness (QED) is 0.164. The Balaban J connectivity index is 1.79. The average Bonchev–Trinajstić information content (AvgIpc) is 2.98. The molecule has 0 aliphatic carbocycles. The van der Waals surface area contributed by atoms with Crippen LogP contribution in [0.1, 0.15) is 74.1 Å². The van der Waals surface area contributed by atoms with E-state index in [9.17, 15) is 9.90 Å². The van der Waals surface area contributed by atoms with E-state index in [0.29, 0.717) is 6.42 Å². The maximum atomic E-state index is 12.3. The fourth-order valence-electron chi connectivity index (χ4n) is 4.83. The third-order valence-electron chi connectivity index (χ3n) is 7.17. The fourth-order valence-corrected chi connectivity index (χ4v) is 4.83. The van der Waals surface area contributed by atoms with Gasteiger partial charge in [0.15, 0.2) is 0 Å². The van der Waals surface area contributed by atoms with E-state index in [1.807, 2.05) is 66.7 Å². The number of amides is 1. The molecule has 0 aromatic heterocycles. The van der Waals surface area contributed by atoms with Crippen molar-refractivity contribution in [1.82, 2.24) is 5.32 Å². The van der Waals surface area contributed by atoms with Gasteiger partial charge in [0.25, 0.3) is 0 Å². The number of hydrogen-bond donors (Lipinski definition) is 2. The normalized spacial score (nSPS) is 11.2. The zero-order valence-corrected chi connectivity index (χ0v) is 23.8. The number of hydrogen-bond acceptors (Lipinski definition) is 5. The second-order valence-electron chi connectivity index (χ2n) is 9.81. The predicted molar refractivity (Wildman–Crippen MR) is 156 cm³/mol. The molecule has 6 heteroatoms. The summed E-state index contributed by atoms with van der Waals surface area (Å²) in [6.45, 7) is 2.92. The van der Waals surface area contributed by atoms with E-state index in [0.717, 1.165) is 91.0 Å². The van der Waals surface area contributed by atoms with Crippen molar-refractivity contribution in [2.45, 2.75) is 63.9 Å². The molecule has 1 amide bonds. The number of methoxy groups -OCH3 is 3. The van der Waals surface area contributed by atoms with Crippen LogP contribution in [0.2, 0.25) is 0 Å². The molecule has 0 atom stereocenters. The Morgan fingerprint density at radius 3 is 1.87 bits per heavy atom. The van der Waals surface area contributed by atoms with Gasteiger partial charge in [-0.25, -0.2) is 0 Å². The number of benzene rings is 3. The van der Waals surface area contributed by atoms with Crippen LogP contribution < -0.4 is 19.5 Å². The average molecular weight is 534 g/mol. The Labute approximate surface area is 233 Å². The molecule has 3 aromatic rings. The summed E-state index contributed by atoms with van der Waals surface area (Å²) in [6.07, 6.45) is 7.39. The summed E-state index contributed by atoms with van der Waals surface area (Å²) in [5, 5.41) is 15.4.